The van der Waals surface area contributed by atoms with E-state index in [1.165, 1.54) is 58.3 Å². The van der Waals surface area contributed by atoms with Crippen molar-refractivity contribution in [3.05, 3.63) is 59.7 Å². The first-order chi connectivity index (χ1) is 48.8. The number of carboxylic acid groups (broad SMARTS) is 2. The zero-order valence-corrected chi connectivity index (χ0v) is 57.8. The predicted octanol–water partition coefficient (Wildman–Crippen LogP) is -4.87. The van der Waals surface area contributed by atoms with Crippen LogP contribution in [0.3, 0.4) is 0 Å². The van der Waals surface area contributed by atoms with Gasteiger partial charge in [0.1, 0.15) is 78.0 Å². The number of likely N-dealkylation sites (tertiary alicyclic amines) is 2. The number of nitrogens with zero attached hydrogens (tertiary/aromatic N) is 4. The van der Waals surface area contributed by atoms with Gasteiger partial charge in [0.2, 0.25) is 70.9 Å². The molecule has 25 N–H and O–H groups in total. The first-order valence-corrected chi connectivity index (χ1v) is 34.3. The van der Waals surface area contributed by atoms with Crippen molar-refractivity contribution >= 4 is 94.7 Å². The van der Waals surface area contributed by atoms with Crippen LogP contribution in [0.25, 0.3) is 0 Å². The summed E-state index contributed by atoms with van der Waals surface area (Å²) in [5.41, 5.74) is 34.6. The SMILES string of the molecule is CC(C)C[C@H](NC(=O)[C@@H]1CCC(=O)N1)C(=O)N[C@@H](Cc1ccc(O)cc1)C(=O)N[C@@H](CCC(=O)O)C(=O)N[C@@H](CC(N)=O)C(=O)N[C@@H](CCCCN)C(=O)N1CCC[C@H]1C(=O)N[C@@H](CCCN=C(N)N)C(=O)N[C@@H](CCCN=C(N)N)C(=O)N1CCC[C@H]1C(=O)N[C@@H](Cc1ccc(O)cc1)C(=O)O. The largest absolute Gasteiger partial charge is 0.508 e. The molecular formula is C66H99N19O18. The van der Waals surface area contributed by atoms with Crippen molar-refractivity contribution in [2.45, 2.75) is 202 Å². The number of nitrogens with one attached hydrogen (secondary N) is 9. The average Bonchev–Trinajstić information content (AvgIpc) is 1.76. The van der Waals surface area contributed by atoms with Crippen LogP contribution in [0, 0.1) is 5.92 Å². The second kappa shape index (κ2) is 41.1. The van der Waals surface area contributed by atoms with E-state index in [2.05, 4.69) is 57.8 Å². The van der Waals surface area contributed by atoms with Gasteiger partial charge in [0.25, 0.3) is 0 Å². The summed E-state index contributed by atoms with van der Waals surface area (Å²) in [6, 6.07) is -4.51. The Bertz CT molecular complexity index is 3390. The average molecular weight is 1450 g/mol. The number of aliphatic carboxylic acids is 2. The fourth-order valence-electron chi connectivity index (χ4n) is 12.1. The van der Waals surface area contributed by atoms with Gasteiger partial charge in [0, 0.05) is 51.9 Å². The Kier molecular flexibility index (Phi) is 33.1. The first-order valence-electron chi connectivity index (χ1n) is 34.3. The number of benzene rings is 2. The number of carboxylic acids is 2. The Hall–Kier alpha value is -10.9. The molecule has 3 aliphatic heterocycles. The molecule has 3 saturated heterocycles. The number of rotatable bonds is 42. The number of aromatic hydroxyl groups is 2. The highest BCUT2D eigenvalue weighted by Crippen LogP contribution is 2.24. The Morgan fingerprint density at radius 2 is 0.932 bits per heavy atom. The topological polar surface area (TPSA) is 615 Å². The lowest BCUT2D eigenvalue weighted by Gasteiger charge is -2.32. The van der Waals surface area contributed by atoms with Crippen molar-refractivity contribution in [3.8, 4) is 11.5 Å². The molecule has 0 saturated carbocycles. The van der Waals surface area contributed by atoms with Gasteiger partial charge in [-0.05, 0) is 138 Å². The van der Waals surface area contributed by atoms with Crippen LogP contribution in [0.1, 0.15) is 134 Å². The van der Waals surface area contributed by atoms with Crippen LogP contribution in [0.15, 0.2) is 58.5 Å². The van der Waals surface area contributed by atoms with Crippen LogP contribution in [0.4, 0.5) is 0 Å². The van der Waals surface area contributed by atoms with Crippen molar-refractivity contribution in [3.63, 3.8) is 0 Å². The Labute approximate surface area is 594 Å². The molecule has 5 rings (SSSR count). The van der Waals surface area contributed by atoms with Crippen LogP contribution in [0.5, 0.6) is 11.5 Å². The summed E-state index contributed by atoms with van der Waals surface area (Å²) < 4.78 is 0. The van der Waals surface area contributed by atoms with E-state index in [0.717, 1.165) is 0 Å². The monoisotopic (exact) mass is 1450 g/mol. The molecule has 2 aromatic rings. The van der Waals surface area contributed by atoms with Crippen LogP contribution in [0.2, 0.25) is 0 Å². The molecule has 0 aliphatic carbocycles. The number of hydrogen-bond acceptors (Lipinski definition) is 19. The number of phenolic OH excluding ortho intramolecular Hbond substituents is 2. The van der Waals surface area contributed by atoms with Gasteiger partial charge in [-0.15, -0.1) is 0 Å². The third kappa shape index (κ3) is 27.5. The summed E-state index contributed by atoms with van der Waals surface area (Å²) in [5, 5.41) is 62.7. The second-order valence-electron chi connectivity index (χ2n) is 26.0. The molecule has 3 aliphatic rings. The third-order valence-electron chi connectivity index (χ3n) is 17.3. The number of hydrogen-bond donors (Lipinski definition) is 19. The molecular weight excluding hydrogens is 1350 g/mol. The number of primary amides is 1. The van der Waals surface area contributed by atoms with E-state index in [4.69, 9.17) is 34.4 Å². The molecule has 12 amide bonds. The molecule has 0 unspecified atom stereocenters. The number of nitrogens with two attached hydrogens (primary N) is 6. The standard InChI is InChI=1S/C66H99N19O18/c1-35(2)31-45(80-55(93)41-22-24-52(89)75-41)57(95)81-46(32-36-14-18-38(86)19-15-36)58(96)76-42(23-25-53(90)91)56(94)82-47(34-51(68)88)59(97)79-43(9-3-4-26-67)62(100)84-29-7-12-49(84)60(98)77-40(10-5-27-73-65(69)70)54(92)78-44(11-6-28-74-66(71)72)63(101)85-30-8-13-50(85)61(99)83-48(64(102)103)33-37-16-20-39(87)21-17-37/h14-21,35,40-50,86-87H,3-13,22-34,67H2,1-2H3,(H2,68,88)(H,75,89)(H,76,96)(H,77,98)(H,78,92)(H,79,97)(H,80,93)(H,81,95)(H,82,94)(H,83,99)(H,90,91)(H,102,103)(H4,69,70,73)(H4,71,72,74)/t40-,41-,42-,43-,44-,45-,46-,47-,48-,49-,50-/m0/s1. The van der Waals surface area contributed by atoms with E-state index in [1.54, 1.807) is 13.8 Å². The molecule has 11 atom stereocenters. The predicted molar refractivity (Wildman–Crippen MR) is 370 cm³/mol. The van der Waals surface area contributed by atoms with Crippen LogP contribution in [-0.4, -0.2) is 224 Å². The minimum Gasteiger partial charge on any atom is -0.508 e. The summed E-state index contributed by atoms with van der Waals surface area (Å²) in [4.78, 5) is 203. The summed E-state index contributed by atoms with van der Waals surface area (Å²) >= 11 is 0. The van der Waals surface area contributed by atoms with Crippen molar-refractivity contribution < 1.29 is 87.5 Å². The zero-order valence-electron chi connectivity index (χ0n) is 57.8. The normalized spacial score (nSPS) is 17.8. The Morgan fingerprint density at radius 3 is 1.39 bits per heavy atom. The number of phenols is 2. The van der Waals surface area contributed by atoms with Gasteiger partial charge < -0.3 is 112 Å². The van der Waals surface area contributed by atoms with Gasteiger partial charge in [-0.25, -0.2) is 4.79 Å². The molecule has 2 aromatic carbocycles. The van der Waals surface area contributed by atoms with Crippen molar-refractivity contribution in [2.24, 2.45) is 50.3 Å². The molecule has 566 valence electrons. The van der Waals surface area contributed by atoms with E-state index in [-0.39, 0.29) is 158 Å². The van der Waals surface area contributed by atoms with Gasteiger partial charge in [-0.1, -0.05) is 38.1 Å². The van der Waals surface area contributed by atoms with E-state index < -0.39 is 163 Å². The zero-order chi connectivity index (χ0) is 76.0. The smallest absolute Gasteiger partial charge is 0.326 e. The quantitative estimate of drug-likeness (QED) is 0.0168. The maximum atomic E-state index is 14.9. The Morgan fingerprint density at radius 1 is 0.515 bits per heavy atom. The maximum Gasteiger partial charge on any atom is 0.326 e. The second-order valence-corrected chi connectivity index (χ2v) is 26.0. The van der Waals surface area contributed by atoms with Crippen molar-refractivity contribution in [2.75, 3.05) is 32.7 Å². The summed E-state index contributed by atoms with van der Waals surface area (Å²) in [6.07, 6.45) is -1.38. The number of guanidine groups is 2. The van der Waals surface area contributed by atoms with Gasteiger partial charge >= 0.3 is 11.9 Å². The highest BCUT2D eigenvalue weighted by atomic mass is 16.4. The summed E-state index contributed by atoms with van der Waals surface area (Å²) in [7, 11) is 0. The van der Waals surface area contributed by atoms with Crippen LogP contribution >= 0.6 is 0 Å². The van der Waals surface area contributed by atoms with Crippen molar-refractivity contribution in [1.29, 1.82) is 0 Å². The highest BCUT2D eigenvalue weighted by molar-refractivity contribution is 6.00. The fraction of sp³-hybridized carbons (Fsp3) is 0.576. The molecule has 103 heavy (non-hydrogen) atoms. The molecule has 3 heterocycles. The highest BCUT2D eigenvalue weighted by Gasteiger charge is 2.43. The van der Waals surface area contributed by atoms with E-state index >= 15 is 0 Å². The molecule has 0 spiro atoms. The molecule has 37 heteroatoms. The van der Waals surface area contributed by atoms with Gasteiger partial charge in [0.15, 0.2) is 11.9 Å². The summed E-state index contributed by atoms with van der Waals surface area (Å²) in [5.74, 6) is -14.2. The lowest BCUT2D eigenvalue weighted by atomic mass is 10.00. The molecule has 3 fully saturated rings. The number of carbonyl (C=O) groups is 14. The van der Waals surface area contributed by atoms with Gasteiger partial charge in [-0.3, -0.25) is 72.3 Å². The van der Waals surface area contributed by atoms with E-state index in [0.29, 0.717) is 24.0 Å². The van der Waals surface area contributed by atoms with Crippen LogP contribution in [-0.2, 0) is 80.0 Å². The summed E-state index contributed by atoms with van der Waals surface area (Å²) in [6.45, 7) is 3.63. The fourth-order valence-corrected chi connectivity index (χ4v) is 12.1. The van der Waals surface area contributed by atoms with Crippen LogP contribution < -0.4 is 82.3 Å². The minimum absolute atomic E-state index is 0.00182. The lowest BCUT2D eigenvalue weighted by molar-refractivity contribution is -0.145. The molecule has 0 aromatic heterocycles. The van der Waals surface area contributed by atoms with Gasteiger partial charge in [0.05, 0.1) is 6.42 Å². The first kappa shape index (κ1) is 82.8. The minimum atomic E-state index is -1.91. The molecule has 0 radical (unpaired) electrons. The Balaban J connectivity index is 1.37. The lowest BCUT2D eigenvalue weighted by Crippen LogP contribution is -2.61. The number of carbonyl (C=O) groups excluding carboxylic acids is 12. The number of aliphatic imine (C=N–C) groups is 2. The van der Waals surface area contributed by atoms with Gasteiger partial charge in [-0.2, -0.15) is 0 Å². The molecule has 0 bridgehead atoms. The maximum absolute atomic E-state index is 14.9. The van der Waals surface area contributed by atoms with E-state index in [9.17, 15) is 87.5 Å². The molecule has 37 nitrogen and oxygen atoms in total. The van der Waals surface area contributed by atoms with Crippen molar-refractivity contribution in [1.82, 2.24) is 57.7 Å². The third-order valence-corrected chi connectivity index (χ3v) is 17.3. The number of unbranched alkanes of at least 4 members (excludes halogenated alkanes) is 1. The number of amides is 12. The van der Waals surface area contributed by atoms with E-state index in [1.807, 2.05) is 0 Å².